The third-order valence-corrected chi connectivity index (χ3v) is 3.60. The molecule has 1 aromatic heterocycles. The summed E-state index contributed by atoms with van der Waals surface area (Å²) >= 11 is 0. The van der Waals surface area contributed by atoms with Gasteiger partial charge in [0, 0.05) is 25.4 Å². The van der Waals surface area contributed by atoms with Gasteiger partial charge in [0.25, 0.3) is 5.91 Å². The molecule has 2 N–H and O–H groups in total. The number of carbonyl (C=O) groups excluding carboxylic acids is 1. The fourth-order valence-electron chi connectivity index (χ4n) is 2.36. The first kappa shape index (κ1) is 22.1. The largest absolute Gasteiger partial charge is 0.478 e. The Kier molecular flexibility index (Phi) is 8.94. The fraction of sp³-hybridized carbons (Fsp3) is 0.444. The molecule has 0 bridgehead atoms. The zero-order valence-corrected chi connectivity index (χ0v) is 15.7. The van der Waals surface area contributed by atoms with E-state index in [0.717, 1.165) is 19.4 Å². The number of ether oxygens (including phenoxy) is 1. The molecule has 27 heavy (non-hydrogen) atoms. The van der Waals surface area contributed by atoms with Crippen LogP contribution in [0.15, 0.2) is 30.5 Å². The summed E-state index contributed by atoms with van der Waals surface area (Å²) < 4.78 is 5.89. The number of amides is 1. The van der Waals surface area contributed by atoms with E-state index in [1.54, 1.807) is 23.2 Å². The Bertz CT molecular complexity index is 673. The van der Waals surface area contributed by atoms with Crippen LogP contribution in [-0.2, 0) is 9.59 Å². The smallest absolute Gasteiger partial charge is 0.328 e. The monoisotopic (exact) mass is 379 g/mol. The molecule has 9 nitrogen and oxygen atoms in total. The van der Waals surface area contributed by atoms with Crippen LogP contribution < -0.4 is 4.74 Å². The van der Waals surface area contributed by atoms with Gasteiger partial charge >= 0.3 is 11.9 Å². The number of carbonyl (C=O) groups is 3. The molecule has 1 amide bonds. The normalized spacial score (nSPS) is 16.2. The lowest BCUT2D eigenvalue weighted by Gasteiger charge is -2.20. The highest BCUT2D eigenvalue weighted by molar-refractivity contribution is 5.96. The number of pyridine rings is 1. The van der Waals surface area contributed by atoms with Crippen LogP contribution in [0.5, 0.6) is 5.88 Å². The van der Waals surface area contributed by atoms with Gasteiger partial charge in [-0.05, 0) is 45.6 Å². The number of aliphatic carboxylic acids is 2. The van der Waals surface area contributed by atoms with Crippen molar-refractivity contribution in [3.8, 4) is 5.88 Å². The molecule has 2 rings (SSSR count). The number of carboxylic acids is 2. The lowest BCUT2D eigenvalue weighted by molar-refractivity contribution is -0.134. The molecule has 2 heterocycles. The van der Waals surface area contributed by atoms with E-state index in [2.05, 4.69) is 24.0 Å². The van der Waals surface area contributed by atoms with Crippen LogP contribution in [-0.4, -0.2) is 83.2 Å². The van der Waals surface area contributed by atoms with E-state index < -0.39 is 11.9 Å². The van der Waals surface area contributed by atoms with Gasteiger partial charge in [0.1, 0.15) is 11.7 Å². The highest BCUT2D eigenvalue weighted by Crippen LogP contribution is 2.23. The van der Waals surface area contributed by atoms with Crippen LogP contribution in [0.1, 0.15) is 23.2 Å². The molecule has 0 aliphatic carbocycles. The van der Waals surface area contributed by atoms with Crippen molar-refractivity contribution in [1.82, 2.24) is 14.8 Å². The van der Waals surface area contributed by atoms with Gasteiger partial charge in [-0.15, -0.1) is 0 Å². The van der Waals surface area contributed by atoms with E-state index in [4.69, 9.17) is 14.9 Å². The van der Waals surface area contributed by atoms with E-state index in [1.165, 1.54) is 0 Å². The second-order valence-corrected chi connectivity index (χ2v) is 6.24. The summed E-state index contributed by atoms with van der Waals surface area (Å²) in [5.74, 6) is -2.07. The Balaban J connectivity index is 0.000000387. The summed E-state index contributed by atoms with van der Waals surface area (Å²) in [5, 5.41) is 15.6. The molecule has 9 heteroatoms. The number of fused-ring (bicyclic) bond motifs is 1. The molecule has 0 saturated heterocycles. The molecule has 1 atom stereocenters. The zero-order valence-electron chi connectivity index (χ0n) is 15.7. The summed E-state index contributed by atoms with van der Waals surface area (Å²) in [4.78, 5) is 39.3. The van der Waals surface area contributed by atoms with Crippen molar-refractivity contribution in [2.24, 2.45) is 0 Å². The average Bonchev–Trinajstić information content (AvgIpc) is 2.71. The van der Waals surface area contributed by atoms with Crippen LogP contribution in [0.4, 0.5) is 0 Å². The minimum Gasteiger partial charge on any atom is -0.478 e. The number of carboxylic acid groups (broad SMARTS) is 2. The Morgan fingerprint density at radius 1 is 1.33 bits per heavy atom. The van der Waals surface area contributed by atoms with E-state index in [-0.39, 0.29) is 12.0 Å². The van der Waals surface area contributed by atoms with Gasteiger partial charge in [0.15, 0.2) is 0 Å². The fourth-order valence-corrected chi connectivity index (χ4v) is 2.36. The first-order chi connectivity index (χ1) is 12.7. The first-order valence-electron chi connectivity index (χ1n) is 8.36. The Labute approximate surface area is 157 Å². The van der Waals surface area contributed by atoms with Crippen molar-refractivity contribution >= 4 is 17.8 Å². The number of aromatic nitrogens is 1. The van der Waals surface area contributed by atoms with Crippen molar-refractivity contribution in [3.05, 3.63) is 36.0 Å². The van der Waals surface area contributed by atoms with E-state index in [0.29, 0.717) is 30.1 Å². The van der Waals surface area contributed by atoms with Gasteiger partial charge in [-0.2, -0.15) is 0 Å². The van der Waals surface area contributed by atoms with Gasteiger partial charge in [0.05, 0.1) is 6.54 Å². The van der Waals surface area contributed by atoms with Crippen LogP contribution >= 0.6 is 0 Å². The molecular formula is C18H25N3O6. The minimum absolute atomic E-state index is 0.0155. The molecule has 1 aromatic rings. The minimum atomic E-state index is -1.26. The summed E-state index contributed by atoms with van der Waals surface area (Å²) in [7, 11) is 5.92. The van der Waals surface area contributed by atoms with Crippen LogP contribution in [0.3, 0.4) is 0 Å². The van der Waals surface area contributed by atoms with E-state index in [1.807, 2.05) is 7.05 Å². The highest BCUT2D eigenvalue weighted by atomic mass is 16.5. The SMILES string of the molecule is CN(C)CCCC1CN(C)C(=O)c2cccnc2O1.O=C(O)C=CC(=O)O. The van der Waals surface area contributed by atoms with Crippen LogP contribution in [0.2, 0.25) is 0 Å². The van der Waals surface area contributed by atoms with E-state index in [9.17, 15) is 14.4 Å². The topological polar surface area (TPSA) is 120 Å². The van der Waals surface area contributed by atoms with Crippen molar-refractivity contribution in [2.45, 2.75) is 18.9 Å². The van der Waals surface area contributed by atoms with Crippen molar-refractivity contribution in [2.75, 3.05) is 34.2 Å². The molecular weight excluding hydrogens is 354 g/mol. The van der Waals surface area contributed by atoms with Gasteiger partial charge in [0.2, 0.25) is 5.88 Å². The maximum absolute atomic E-state index is 12.2. The Morgan fingerprint density at radius 2 is 1.96 bits per heavy atom. The molecule has 0 fully saturated rings. The van der Waals surface area contributed by atoms with Crippen molar-refractivity contribution < 1.29 is 29.3 Å². The summed E-state index contributed by atoms with van der Waals surface area (Å²) in [6, 6.07) is 3.53. The molecule has 1 unspecified atom stereocenters. The molecule has 0 spiro atoms. The average molecular weight is 379 g/mol. The molecule has 1 aliphatic rings. The predicted molar refractivity (Wildman–Crippen MR) is 97.8 cm³/mol. The predicted octanol–water partition coefficient (Wildman–Crippen LogP) is 0.968. The molecule has 0 radical (unpaired) electrons. The van der Waals surface area contributed by atoms with Gasteiger partial charge in [-0.1, -0.05) is 0 Å². The number of nitrogens with zero attached hydrogens (tertiary/aromatic N) is 3. The summed E-state index contributed by atoms with van der Waals surface area (Å²) in [6.45, 7) is 1.63. The number of hydrogen-bond donors (Lipinski definition) is 2. The lowest BCUT2D eigenvalue weighted by atomic mass is 10.2. The highest BCUT2D eigenvalue weighted by Gasteiger charge is 2.27. The second kappa shape index (κ2) is 10.9. The molecule has 0 saturated carbocycles. The van der Waals surface area contributed by atoms with Crippen molar-refractivity contribution in [1.29, 1.82) is 0 Å². The van der Waals surface area contributed by atoms with Gasteiger partial charge in [-0.25, -0.2) is 14.6 Å². The maximum atomic E-state index is 12.2. The van der Waals surface area contributed by atoms with Crippen LogP contribution in [0.25, 0.3) is 0 Å². The quantitative estimate of drug-likeness (QED) is 0.702. The third kappa shape index (κ3) is 8.32. The Morgan fingerprint density at radius 3 is 2.52 bits per heavy atom. The van der Waals surface area contributed by atoms with Gasteiger partial charge in [-0.3, -0.25) is 4.79 Å². The number of rotatable bonds is 6. The van der Waals surface area contributed by atoms with E-state index >= 15 is 0 Å². The second-order valence-electron chi connectivity index (χ2n) is 6.24. The maximum Gasteiger partial charge on any atom is 0.328 e. The standard InChI is InChI=1S/C14H21N3O2.C4H4O4/c1-16(2)9-5-6-11-10-17(3)14(18)12-7-4-8-15-13(12)19-11;5-3(6)1-2-4(7)8/h4,7-8,11H,5-6,9-10H2,1-3H3;1-2H,(H,5,6)(H,7,8). The number of hydrogen-bond acceptors (Lipinski definition) is 6. The lowest BCUT2D eigenvalue weighted by Crippen LogP contribution is -2.34. The summed E-state index contributed by atoms with van der Waals surface area (Å²) in [5.41, 5.74) is 0.556. The molecule has 1 aliphatic heterocycles. The summed E-state index contributed by atoms with van der Waals surface area (Å²) in [6.07, 6.45) is 4.76. The first-order valence-corrected chi connectivity index (χ1v) is 8.36. The van der Waals surface area contributed by atoms with Gasteiger partial charge < -0.3 is 24.7 Å². The number of likely N-dealkylation sites (N-methyl/N-ethyl adjacent to an activating group) is 1. The molecule has 148 valence electrons. The third-order valence-electron chi connectivity index (χ3n) is 3.60. The van der Waals surface area contributed by atoms with Crippen molar-refractivity contribution in [3.63, 3.8) is 0 Å². The van der Waals surface area contributed by atoms with Crippen LogP contribution in [0, 0.1) is 0 Å². The Hall–Kier alpha value is -2.94. The zero-order chi connectivity index (χ0) is 20.4. The molecule has 0 aromatic carbocycles.